The molecule has 0 spiro atoms. The molecule has 0 bridgehead atoms. The van der Waals surface area contributed by atoms with Gasteiger partial charge in [0, 0.05) is 0 Å². The van der Waals surface area contributed by atoms with Crippen molar-refractivity contribution in [3.8, 4) is 0 Å². The van der Waals surface area contributed by atoms with Gasteiger partial charge in [-0.1, -0.05) is 36.4 Å². The molecule has 0 N–H and O–H groups in total. The van der Waals surface area contributed by atoms with Crippen LogP contribution < -0.4 is 0 Å². The summed E-state index contributed by atoms with van der Waals surface area (Å²) < 4.78 is 25.1. The molecule has 0 aliphatic rings. The third-order valence-corrected chi connectivity index (χ3v) is 1.89. The highest BCUT2D eigenvalue weighted by atomic mass is 32.2. The van der Waals surface area contributed by atoms with Crippen LogP contribution in [-0.2, 0) is 15.5 Å². The van der Waals surface area contributed by atoms with E-state index in [4.69, 9.17) is 0 Å². The molecule has 13 heavy (non-hydrogen) atoms. The van der Waals surface area contributed by atoms with Crippen molar-refractivity contribution >= 4 is 11.4 Å². The van der Waals surface area contributed by atoms with E-state index in [-0.39, 0.29) is 0 Å². The Kier molecular flexibility index (Phi) is 3.82. The van der Waals surface area contributed by atoms with Crippen LogP contribution in [0.4, 0.5) is 0 Å². The molecule has 2 unspecified atom stereocenters. The van der Waals surface area contributed by atoms with Crippen molar-refractivity contribution in [3.05, 3.63) is 48.6 Å². The van der Waals surface area contributed by atoms with Gasteiger partial charge in [-0.3, -0.25) is 4.18 Å². The van der Waals surface area contributed by atoms with E-state index >= 15 is 0 Å². The van der Waals surface area contributed by atoms with E-state index in [1.807, 2.05) is 18.2 Å². The first kappa shape index (κ1) is 10.1. The second kappa shape index (κ2) is 4.91. The van der Waals surface area contributed by atoms with Crippen LogP contribution in [0.25, 0.3) is 0 Å². The normalized spacial score (nSPS) is 14.8. The quantitative estimate of drug-likeness (QED) is 0.545. The summed E-state index contributed by atoms with van der Waals surface area (Å²) in [4.78, 5) is 0. The summed E-state index contributed by atoms with van der Waals surface area (Å²) in [5, 5.41) is 0. The predicted octanol–water partition coefficient (Wildman–Crippen LogP) is 1.72. The molecule has 0 aromatic heterocycles. The monoisotopic (exact) mass is 197 g/mol. The molecule has 0 aliphatic heterocycles. The van der Waals surface area contributed by atoms with Crippen LogP contribution in [-0.4, -0.2) is 8.76 Å². The van der Waals surface area contributed by atoms with Gasteiger partial charge in [-0.05, 0) is 5.56 Å². The van der Waals surface area contributed by atoms with Crippen molar-refractivity contribution in [1.29, 1.82) is 0 Å². The minimum atomic E-state index is -2.52. The minimum absolute atomic E-state index is 0.598. The standard InChI is InChI=1S/C9H10O3S/c1-2-9(12-13(10)11)8-6-4-3-5-7-8/h2-7,9H,1H2,(H,10,11)/p-1. The summed E-state index contributed by atoms with van der Waals surface area (Å²) >= 11 is -2.52. The average Bonchev–Trinajstić information content (AvgIpc) is 2.15. The topological polar surface area (TPSA) is 49.4 Å². The molecular weight excluding hydrogens is 188 g/mol. The van der Waals surface area contributed by atoms with E-state index in [1.54, 1.807) is 12.1 Å². The zero-order valence-electron chi connectivity index (χ0n) is 6.88. The van der Waals surface area contributed by atoms with Crippen LogP contribution in [0.2, 0.25) is 0 Å². The van der Waals surface area contributed by atoms with Gasteiger partial charge in [0.1, 0.15) is 6.10 Å². The van der Waals surface area contributed by atoms with Gasteiger partial charge in [-0.15, -0.1) is 6.58 Å². The number of hydrogen-bond acceptors (Lipinski definition) is 3. The van der Waals surface area contributed by atoms with Crippen LogP contribution in [0, 0.1) is 0 Å². The van der Waals surface area contributed by atoms with Crippen molar-refractivity contribution in [2.45, 2.75) is 6.10 Å². The fourth-order valence-corrected chi connectivity index (χ4v) is 1.32. The Hall–Kier alpha value is -0.970. The maximum Gasteiger partial charge on any atom is 0.117 e. The largest absolute Gasteiger partial charge is 0.750 e. The van der Waals surface area contributed by atoms with Gasteiger partial charge >= 0.3 is 0 Å². The molecule has 1 rings (SSSR count). The van der Waals surface area contributed by atoms with E-state index in [0.717, 1.165) is 5.56 Å². The Morgan fingerprint density at radius 3 is 2.54 bits per heavy atom. The maximum atomic E-state index is 10.3. The van der Waals surface area contributed by atoms with Gasteiger partial charge in [-0.25, -0.2) is 4.21 Å². The van der Waals surface area contributed by atoms with Gasteiger partial charge < -0.3 is 4.55 Å². The number of rotatable bonds is 4. The van der Waals surface area contributed by atoms with Crippen LogP contribution >= 0.6 is 0 Å². The second-order valence-corrected chi connectivity index (χ2v) is 2.97. The average molecular weight is 197 g/mol. The van der Waals surface area contributed by atoms with Gasteiger partial charge in [0.15, 0.2) is 0 Å². The third kappa shape index (κ3) is 3.10. The van der Waals surface area contributed by atoms with Gasteiger partial charge in [0.25, 0.3) is 0 Å². The Morgan fingerprint density at radius 1 is 1.46 bits per heavy atom. The Morgan fingerprint density at radius 2 is 2.08 bits per heavy atom. The molecule has 0 radical (unpaired) electrons. The molecule has 0 aliphatic carbocycles. The SMILES string of the molecule is C=CC(OS(=O)[O-])c1ccccc1. The minimum Gasteiger partial charge on any atom is -0.750 e. The van der Waals surface area contributed by atoms with E-state index in [1.165, 1.54) is 6.08 Å². The smallest absolute Gasteiger partial charge is 0.117 e. The lowest BCUT2D eigenvalue weighted by Gasteiger charge is -2.14. The molecule has 4 heteroatoms. The molecular formula is C9H9O3S-. The molecule has 70 valence electrons. The maximum absolute atomic E-state index is 10.3. The predicted molar refractivity (Wildman–Crippen MR) is 49.4 cm³/mol. The molecule has 1 aromatic rings. The zero-order valence-corrected chi connectivity index (χ0v) is 7.70. The van der Waals surface area contributed by atoms with Crippen molar-refractivity contribution in [2.75, 3.05) is 0 Å². The summed E-state index contributed by atoms with van der Waals surface area (Å²) in [5.74, 6) is 0. The highest BCUT2D eigenvalue weighted by Gasteiger charge is 2.06. The first-order chi connectivity index (χ1) is 6.24. The second-order valence-electron chi connectivity index (χ2n) is 2.37. The molecule has 0 heterocycles. The number of hydrogen-bond donors (Lipinski definition) is 0. The fraction of sp³-hybridized carbons (Fsp3) is 0.111. The van der Waals surface area contributed by atoms with Gasteiger partial charge in [0.05, 0.1) is 11.4 Å². The van der Waals surface area contributed by atoms with E-state index < -0.39 is 17.5 Å². The molecule has 0 saturated heterocycles. The molecule has 0 amide bonds. The lowest BCUT2D eigenvalue weighted by Crippen LogP contribution is -2.03. The molecule has 2 atom stereocenters. The van der Waals surface area contributed by atoms with Crippen LogP contribution in [0.5, 0.6) is 0 Å². The third-order valence-electron chi connectivity index (χ3n) is 1.52. The number of benzene rings is 1. The van der Waals surface area contributed by atoms with Crippen molar-refractivity contribution in [1.82, 2.24) is 0 Å². The highest BCUT2D eigenvalue weighted by molar-refractivity contribution is 7.74. The lowest BCUT2D eigenvalue weighted by molar-refractivity contribution is 0.249. The Labute approximate surface area is 79.5 Å². The van der Waals surface area contributed by atoms with E-state index in [2.05, 4.69) is 10.8 Å². The molecule has 3 nitrogen and oxygen atoms in total. The summed E-state index contributed by atoms with van der Waals surface area (Å²) in [5.41, 5.74) is 0.765. The van der Waals surface area contributed by atoms with Crippen LogP contribution in [0.3, 0.4) is 0 Å². The zero-order chi connectivity index (χ0) is 9.68. The van der Waals surface area contributed by atoms with Gasteiger partial charge in [0.2, 0.25) is 0 Å². The summed E-state index contributed by atoms with van der Waals surface area (Å²) in [6, 6.07) is 9.02. The lowest BCUT2D eigenvalue weighted by atomic mass is 10.1. The van der Waals surface area contributed by atoms with E-state index in [0.29, 0.717) is 0 Å². The van der Waals surface area contributed by atoms with E-state index in [9.17, 15) is 8.76 Å². The Balaban J connectivity index is 2.78. The molecule has 0 fully saturated rings. The summed E-state index contributed by atoms with van der Waals surface area (Å²) in [6.07, 6.45) is 0.838. The summed E-state index contributed by atoms with van der Waals surface area (Å²) in [6.45, 7) is 3.49. The van der Waals surface area contributed by atoms with Crippen LogP contribution in [0.15, 0.2) is 43.0 Å². The highest BCUT2D eigenvalue weighted by Crippen LogP contribution is 2.18. The Bertz CT molecular complexity index is 297. The first-order valence-corrected chi connectivity index (χ1v) is 4.68. The van der Waals surface area contributed by atoms with Crippen molar-refractivity contribution in [3.63, 3.8) is 0 Å². The first-order valence-electron chi connectivity index (χ1n) is 3.68. The fourth-order valence-electron chi connectivity index (χ4n) is 0.958. The van der Waals surface area contributed by atoms with Crippen molar-refractivity contribution < 1.29 is 12.9 Å². The van der Waals surface area contributed by atoms with Gasteiger partial charge in [-0.2, -0.15) is 0 Å². The molecule has 0 saturated carbocycles. The van der Waals surface area contributed by atoms with Crippen LogP contribution in [0.1, 0.15) is 11.7 Å². The summed E-state index contributed by atoms with van der Waals surface area (Å²) in [7, 11) is 0. The molecule has 1 aromatic carbocycles. The van der Waals surface area contributed by atoms with Crippen molar-refractivity contribution in [2.24, 2.45) is 0 Å².